The summed E-state index contributed by atoms with van der Waals surface area (Å²) in [5, 5.41) is 2.33. The second-order valence-corrected chi connectivity index (χ2v) is 9.20. The first-order valence-electron chi connectivity index (χ1n) is 11.8. The first kappa shape index (κ1) is 22.6. The van der Waals surface area contributed by atoms with E-state index >= 15 is 0 Å². The van der Waals surface area contributed by atoms with Crippen molar-refractivity contribution in [2.75, 3.05) is 19.7 Å². The van der Waals surface area contributed by atoms with Gasteiger partial charge in [-0.2, -0.15) is 0 Å². The van der Waals surface area contributed by atoms with E-state index in [1.807, 2.05) is 6.07 Å². The van der Waals surface area contributed by atoms with E-state index < -0.39 is 11.9 Å². The van der Waals surface area contributed by atoms with Crippen molar-refractivity contribution in [1.29, 1.82) is 0 Å². The van der Waals surface area contributed by atoms with Gasteiger partial charge < -0.3 is 14.4 Å². The van der Waals surface area contributed by atoms with E-state index in [4.69, 9.17) is 9.47 Å². The summed E-state index contributed by atoms with van der Waals surface area (Å²) in [5.41, 5.74) is 3.64. The van der Waals surface area contributed by atoms with Gasteiger partial charge in [0, 0.05) is 43.2 Å². The van der Waals surface area contributed by atoms with Crippen molar-refractivity contribution in [2.24, 2.45) is 0 Å². The van der Waals surface area contributed by atoms with Crippen LogP contribution in [-0.4, -0.2) is 67.1 Å². The molecule has 2 aromatic rings. The van der Waals surface area contributed by atoms with Crippen molar-refractivity contribution >= 4 is 25.6 Å². The van der Waals surface area contributed by atoms with Crippen molar-refractivity contribution in [3.63, 3.8) is 0 Å². The van der Waals surface area contributed by atoms with Gasteiger partial charge in [-0.15, -0.1) is 0 Å². The van der Waals surface area contributed by atoms with Crippen LogP contribution in [0.25, 0.3) is 0 Å². The van der Waals surface area contributed by atoms with Crippen LogP contribution < -0.4 is 10.1 Å². The first-order valence-corrected chi connectivity index (χ1v) is 11.8. The highest BCUT2D eigenvalue weighted by Crippen LogP contribution is 2.34. The van der Waals surface area contributed by atoms with E-state index in [1.165, 1.54) is 5.56 Å². The highest BCUT2D eigenvalue weighted by Gasteiger charge is 2.40. The molecule has 5 rings (SSSR count). The van der Waals surface area contributed by atoms with E-state index in [1.54, 1.807) is 17.0 Å². The molecule has 2 atom stereocenters. The zero-order valence-electron chi connectivity index (χ0n) is 19.3. The minimum Gasteiger partial charge on any atom is -0.489 e. The molecular weight excluding hydrogens is 433 g/mol. The molecule has 0 aliphatic carbocycles. The number of amides is 3. The normalized spacial score (nSPS) is 23.1. The largest absolute Gasteiger partial charge is 0.489 e. The van der Waals surface area contributed by atoms with Crippen molar-refractivity contribution < 1.29 is 23.9 Å². The van der Waals surface area contributed by atoms with Crippen LogP contribution in [0.15, 0.2) is 42.5 Å². The maximum Gasteiger partial charge on any atom is 0.255 e. The molecule has 0 spiro atoms. The van der Waals surface area contributed by atoms with Crippen LogP contribution >= 0.6 is 0 Å². The number of rotatable bonds is 6. The summed E-state index contributed by atoms with van der Waals surface area (Å²) in [6.45, 7) is 4.25. The zero-order chi connectivity index (χ0) is 23.7. The fourth-order valence-electron chi connectivity index (χ4n) is 4.89. The number of carbonyl (C=O) groups excluding carboxylic acids is 3. The predicted molar refractivity (Wildman–Crippen MR) is 127 cm³/mol. The molecule has 0 radical (unpaired) electrons. The highest BCUT2D eigenvalue weighted by atomic mass is 16.5. The van der Waals surface area contributed by atoms with Gasteiger partial charge in [-0.25, -0.2) is 0 Å². The summed E-state index contributed by atoms with van der Waals surface area (Å²) >= 11 is 0. The first-order chi connectivity index (χ1) is 16.5. The molecule has 3 aliphatic rings. The van der Waals surface area contributed by atoms with Crippen molar-refractivity contribution in [3.05, 3.63) is 64.7 Å². The Bertz CT molecular complexity index is 1110. The van der Waals surface area contributed by atoms with Gasteiger partial charge in [0.15, 0.2) is 0 Å². The van der Waals surface area contributed by atoms with Crippen LogP contribution in [0.4, 0.5) is 0 Å². The third-order valence-electron chi connectivity index (χ3n) is 6.69. The zero-order valence-corrected chi connectivity index (χ0v) is 19.3. The Morgan fingerprint density at radius 1 is 1.09 bits per heavy atom. The Hall–Kier alpha value is -3.17. The average Bonchev–Trinajstić information content (AvgIpc) is 3.15. The topological polar surface area (TPSA) is 88.2 Å². The van der Waals surface area contributed by atoms with Gasteiger partial charge >= 0.3 is 0 Å². The third-order valence-corrected chi connectivity index (χ3v) is 6.69. The number of ether oxygens (including phenoxy) is 2. The molecule has 2 aromatic carbocycles. The summed E-state index contributed by atoms with van der Waals surface area (Å²) in [5.74, 6) is -0.254. The van der Waals surface area contributed by atoms with Crippen LogP contribution in [0.5, 0.6) is 5.75 Å². The fraction of sp³-hybridized carbons (Fsp3) is 0.400. The molecule has 0 aromatic heterocycles. The minimum atomic E-state index is -0.632. The van der Waals surface area contributed by atoms with E-state index in [2.05, 4.69) is 42.3 Å². The van der Waals surface area contributed by atoms with E-state index in [-0.39, 0.29) is 24.2 Å². The Morgan fingerprint density at radius 2 is 1.88 bits per heavy atom. The number of morpholine rings is 1. The van der Waals surface area contributed by atoms with Crippen LogP contribution in [0.3, 0.4) is 0 Å². The van der Waals surface area contributed by atoms with Crippen molar-refractivity contribution in [2.45, 2.75) is 44.6 Å². The summed E-state index contributed by atoms with van der Waals surface area (Å²) in [4.78, 5) is 40.7. The Kier molecular flexibility index (Phi) is 6.39. The maximum atomic E-state index is 13.0. The lowest BCUT2D eigenvalue weighted by Gasteiger charge is -2.31. The minimum absolute atomic E-state index is 0.197. The second kappa shape index (κ2) is 9.60. The van der Waals surface area contributed by atoms with Gasteiger partial charge in [-0.1, -0.05) is 30.3 Å². The Morgan fingerprint density at radius 3 is 2.65 bits per heavy atom. The second-order valence-electron chi connectivity index (χ2n) is 9.20. The molecule has 176 valence electrons. The number of nitrogens with one attached hydrogen (secondary N) is 1. The van der Waals surface area contributed by atoms with Gasteiger partial charge in [0.1, 0.15) is 26.2 Å². The third kappa shape index (κ3) is 4.71. The SMILES string of the molecule is BC1CN(Cc2ccc(COc3cccc4c3CN(C3CCC(=O)NC3=O)C4=O)cc2)CCO1. The molecule has 2 saturated heterocycles. The van der Waals surface area contributed by atoms with E-state index in [0.29, 0.717) is 30.9 Å². The predicted octanol–water partition coefficient (Wildman–Crippen LogP) is 0.818. The maximum absolute atomic E-state index is 13.0. The average molecular weight is 461 g/mol. The van der Waals surface area contributed by atoms with Crippen LogP contribution in [0.1, 0.15) is 39.9 Å². The van der Waals surface area contributed by atoms with Gasteiger partial charge in [0.25, 0.3) is 5.91 Å². The molecule has 0 saturated carbocycles. The number of benzene rings is 2. The summed E-state index contributed by atoms with van der Waals surface area (Å²) in [6, 6.07) is 13.5. The van der Waals surface area contributed by atoms with Crippen molar-refractivity contribution in [1.82, 2.24) is 15.1 Å². The summed E-state index contributed by atoms with van der Waals surface area (Å²) < 4.78 is 11.7. The number of hydrogen-bond donors (Lipinski definition) is 1. The molecule has 0 bridgehead atoms. The molecule has 8 nitrogen and oxygen atoms in total. The van der Waals surface area contributed by atoms with Gasteiger partial charge in [-0.3, -0.25) is 24.6 Å². The van der Waals surface area contributed by atoms with Gasteiger partial charge in [0.2, 0.25) is 11.8 Å². The fourth-order valence-corrected chi connectivity index (χ4v) is 4.89. The molecule has 34 heavy (non-hydrogen) atoms. The molecular formula is C25H28BN3O5. The monoisotopic (exact) mass is 461 g/mol. The smallest absolute Gasteiger partial charge is 0.255 e. The van der Waals surface area contributed by atoms with Gasteiger partial charge in [0.05, 0.1) is 13.2 Å². The number of imide groups is 1. The summed E-state index contributed by atoms with van der Waals surface area (Å²) in [6.07, 6.45) is 0.580. The number of piperidine rings is 1. The number of hydrogen-bond acceptors (Lipinski definition) is 6. The molecule has 3 amide bonds. The molecule has 3 aliphatic heterocycles. The molecule has 2 fully saturated rings. The molecule has 9 heteroatoms. The lowest BCUT2D eigenvalue weighted by atomic mass is 9.98. The van der Waals surface area contributed by atoms with Crippen LogP contribution in [-0.2, 0) is 34.0 Å². The lowest BCUT2D eigenvalue weighted by molar-refractivity contribution is -0.136. The lowest BCUT2D eigenvalue weighted by Crippen LogP contribution is -2.52. The highest BCUT2D eigenvalue weighted by molar-refractivity contribution is 6.11. The Labute approximate surface area is 199 Å². The molecule has 1 N–H and O–H groups in total. The number of fused-ring (bicyclic) bond motifs is 1. The van der Waals surface area contributed by atoms with Gasteiger partial charge in [-0.05, 0) is 29.7 Å². The van der Waals surface area contributed by atoms with Crippen LogP contribution in [0.2, 0.25) is 0 Å². The van der Waals surface area contributed by atoms with Crippen LogP contribution in [0, 0.1) is 0 Å². The Balaban J connectivity index is 1.22. The van der Waals surface area contributed by atoms with Crippen molar-refractivity contribution in [3.8, 4) is 5.75 Å². The molecule has 2 unspecified atom stereocenters. The summed E-state index contributed by atoms with van der Waals surface area (Å²) in [7, 11) is 2.10. The number of nitrogens with zero attached hydrogens (tertiary/aromatic N) is 2. The standard InChI is InChI=1S/C25H28BN3O5/c26-22-14-28(10-11-33-22)12-16-4-6-17(7-5-16)15-34-21-3-1-2-18-19(21)13-29(25(18)32)20-8-9-23(30)27-24(20)31/h1-7,20,22H,8-15,26H2,(H,27,30,31). The quantitative estimate of drug-likeness (QED) is 0.507. The van der Waals surface area contributed by atoms with E-state index in [9.17, 15) is 14.4 Å². The van der Waals surface area contributed by atoms with E-state index in [0.717, 1.165) is 37.4 Å². The number of carbonyl (C=O) groups is 3. The molecule has 3 heterocycles.